The summed E-state index contributed by atoms with van der Waals surface area (Å²) >= 11 is 0. The van der Waals surface area contributed by atoms with E-state index in [9.17, 15) is 19.5 Å². The summed E-state index contributed by atoms with van der Waals surface area (Å²) in [4.78, 5) is 40.5. The van der Waals surface area contributed by atoms with Gasteiger partial charge in [-0.2, -0.15) is 0 Å². The molecule has 2 amide bonds. The van der Waals surface area contributed by atoms with Crippen LogP contribution in [0.25, 0.3) is 0 Å². The van der Waals surface area contributed by atoms with Crippen LogP contribution in [-0.2, 0) is 9.59 Å². The van der Waals surface area contributed by atoms with Crippen LogP contribution >= 0.6 is 0 Å². The number of anilines is 1. The summed E-state index contributed by atoms with van der Waals surface area (Å²) in [5.41, 5.74) is 4.02. The van der Waals surface area contributed by atoms with Gasteiger partial charge in [0.15, 0.2) is 0 Å². The van der Waals surface area contributed by atoms with Crippen molar-refractivity contribution in [2.24, 2.45) is 0 Å². The van der Waals surface area contributed by atoms with Crippen LogP contribution in [0.3, 0.4) is 0 Å². The number of carbonyl (C=O) groups is 3. The third kappa shape index (κ3) is 5.84. The van der Waals surface area contributed by atoms with E-state index in [1.54, 1.807) is 35.2 Å². The Labute approximate surface area is 182 Å². The molecule has 2 aromatic rings. The minimum atomic E-state index is -1.14. The van der Waals surface area contributed by atoms with Crippen molar-refractivity contribution in [1.29, 1.82) is 0 Å². The van der Waals surface area contributed by atoms with Gasteiger partial charge in [-0.1, -0.05) is 35.9 Å². The lowest BCUT2D eigenvalue weighted by Gasteiger charge is -2.37. The number of benzene rings is 2. The number of carbonyl (C=O) groups excluding carboxylic acids is 2. The molecule has 0 aliphatic carbocycles. The Morgan fingerprint density at radius 3 is 2.29 bits per heavy atom. The number of hydrogen-bond donors (Lipinski definition) is 2. The van der Waals surface area contributed by atoms with Crippen LogP contribution in [-0.4, -0.2) is 60.0 Å². The molecular weight excluding hydrogens is 394 g/mol. The average molecular weight is 424 g/mol. The Bertz CT molecular complexity index is 937. The highest BCUT2D eigenvalue weighted by atomic mass is 16.4. The van der Waals surface area contributed by atoms with Gasteiger partial charge < -0.3 is 20.2 Å². The molecule has 1 atom stereocenters. The average Bonchev–Trinajstić information content (AvgIpc) is 2.77. The Balaban J connectivity index is 1.50. The SMILES string of the molecule is Cc1ccc(N2CCN(C(=O)CC[C@H](NC(=O)c3ccccc3)C(=O)O)CC2)c(C)c1. The smallest absolute Gasteiger partial charge is 0.326 e. The molecule has 1 saturated heterocycles. The molecule has 0 unspecified atom stereocenters. The lowest BCUT2D eigenvalue weighted by molar-refractivity contribution is -0.139. The Morgan fingerprint density at radius 1 is 1.00 bits per heavy atom. The van der Waals surface area contributed by atoms with Gasteiger partial charge in [0.25, 0.3) is 5.91 Å². The van der Waals surface area contributed by atoms with Crippen molar-refractivity contribution >= 4 is 23.5 Å². The highest BCUT2D eigenvalue weighted by Gasteiger charge is 2.25. The van der Waals surface area contributed by atoms with E-state index < -0.39 is 17.9 Å². The fourth-order valence-corrected chi connectivity index (χ4v) is 3.87. The standard InChI is InChI=1S/C24H29N3O4/c1-17-8-10-21(18(2)16-17)26-12-14-27(15-13-26)22(28)11-9-20(24(30)31)25-23(29)19-6-4-3-5-7-19/h3-8,10,16,20H,9,11-15H2,1-2H3,(H,25,29)(H,30,31)/t20-/m0/s1. The highest BCUT2D eigenvalue weighted by Crippen LogP contribution is 2.22. The third-order valence-electron chi connectivity index (χ3n) is 5.61. The zero-order chi connectivity index (χ0) is 22.4. The third-order valence-corrected chi connectivity index (χ3v) is 5.61. The van der Waals surface area contributed by atoms with E-state index in [1.165, 1.54) is 16.8 Å². The molecular formula is C24H29N3O4. The maximum atomic E-state index is 12.6. The summed E-state index contributed by atoms with van der Waals surface area (Å²) in [6, 6.07) is 13.7. The van der Waals surface area contributed by atoms with E-state index in [4.69, 9.17) is 0 Å². The monoisotopic (exact) mass is 423 g/mol. The molecule has 7 heteroatoms. The number of piperazine rings is 1. The minimum absolute atomic E-state index is 0.0595. The van der Waals surface area contributed by atoms with Gasteiger partial charge in [0.05, 0.1) is 0 Å². The maximum absolute atomic E-state index is 12.6. The number of aryl methyl sites for hydroxylation is 2. The van der Waals surface area contributed by atoms with E-state index in [2.05, 4.69) is 42.3 Å². The van der Waals surface area contributed by atoms with Crippen molar-refractivity contribution in [2.45, 2.75) is 32.7 Å². The number of aliphatic carboxylic acids is 1. The molecule has 3 rings (SSSR count). The summed E-state index contributed by atoms with van der Waals surface area (Å²) in [5.74, 6) is -1.68. The van der Waals surface area contributed by atoms with Crippen LogP contribution in [0, 0.1) is 13.8 Å². The summed E-state index contributed by atoms with van der Waals surface area (Å²) < 4.78 is 0. The quantitative estimate of drug-likeness (QED) is 0.715. The van der Waals surface area contributed by atoms with Crippen LogP contribution < -0.4 is 10.2 Å². The topological polar surface area (TPSA) is 90.0 Å². The molecule has 0 saturated carbocycles. The largest absolute Gasteiger partial charge is 0.480 e. The number of carboxylic acids is 1. The Morgan fingerprint density at radius 2 is 1.68 bits per heavy atom. The van der Waals surface area contributed by atoms with E-state index in [1.807, 2.05) is 0 Å². The number of rotatable bonds is 7. The van der Waals surface area contributed by atoms with Crippen LogP contribution in [0.15, 0.2) is 48.5 Å². The number of nitrogens with one attached hydrogen (secondary N) is 1. The van der Waals surface area contributed by atoms with Crippen molar-refractivity contribution in [1.82, 2.24) is 10.2 Å². The molecule has 2 N–H and O–H groups in total. The fourth-order valence-electron chi connectivity index (χ4n) is 3.87. The molecule has 0 spiro atoms. The summed E-state index contributed by atoms with van der Waals surface area (Å²) in [5, 5.41) is 12.0. The lowest BCUT2D eigenvalue weighted by atomic mass is 10.1. The van der Waals surface area contributed by atoms with Crippen LogP contribution in [0.4, 0.5) is 5.69 Å². The number of hydrogen-bond acceptors (Lipinski definition) is 4. The molecule has 1 aliphatic heterocycles. The van der Waals surface area contributed by atoms with Gasteiger partial charge >= 0.3 is 5.97 Å². The van der Waals surface area contributed by atoms with Crippen LogP contribution in [0.5, 0.6) is 0 Å². The van der Waals surface area contributed by atoms with Crippen molar-refractivity contribution in [3.8, 4) is 0 Å². The molecule has 0 radical (unpaired) electrons. The van der Waals surface area contributed by atoms with E-state index >= 15 is 0 Å². The first-order valence-electron chi connectivity index (χ1n) is 10.5. The van der Waals surface area contributed by atoms with Gasteiger partial charge in [0.1, 0.15) is 6.04 Å². The summed E-state index contributed by atoms with van der Waals surface area (Å²) in [6.07, 6.45) is 0.139. The van der Waals surface area contributed by atoms with Gasteiger partial charge in [0.2, 0.25) is 5.91 Å². The second kappa shape index (κ2) is 10.1. The van der Waals surface area contributed by atoms with E-state index in [-0.39, 0.29) is 18.7 Å². The zero-order valence-corrected chi connectivity index (χ0v) is 18.0. The van der Waals surface area contributed by atoms with Gasteiger partial charge in [-0.3, -0.25) is 9.59 Å². The van der Waals surface area contributed by atoms with Gasteiger partial charge in [-0.15, -0.1) is 0 Å². The molecule has 0 bridgehead atoms. The van der Waals surface area contributed by atoms with Crippen molar-refractivity contribution in [2.75, 3.05) is 31.1 Å². The number of carboxylic acid groups (broad SMARTS) is 1. The first-order valence-corrected chi connectivity index (χ1v) is 10.5. The van der Waals surface area contributed by atoms with Crippen LogP contribution in [0.2, 0.25) is 0 Å². The second-order valence-corrected chi connectivity index (χ2v) is 7.93. The number of amides is 2. The Hall–Kier alpha value is -3.35. The minimum Gasteiger partial charge on any atom is -0.480 e. The Kier molecular flexibility index (Phi) is 7.28. The first-order chi connectivity index (χ1) is 14.8. The molecule has 164 valence electrons. The molecule has 1 fully saturated rings. The normalized spacial score (nSPS) is 14.8. The lowest BCUT2D eigenvalue weighted by Crippen LogP contribution is -2.49. The molecule has 0 aromatic heterocycles. The first kappa shape index (κ1) is 22.3. The van der Waals surface area contributed by atoms with Gasteiger partial charge in [0, 0.05) is 43.9 Å². The summed E-state index contributed by atoms with van der Waals surface area (Å²) in [7, 11) is 0. The van der Waals surface area contributed by atoms with E-state index in [0.717, 1.165) is 13.1 Å². The van der Waals surface area contributed by atoms with Crippen molar-refractivity contribution in [3.63, 3.8) is 0 Å². The maximum Gasteiger partial charge on any atom is 0.326 e. The zero-order valence-electron chi connectivity index (χ0n) is 18.0. The van der Waals surface area contributed by atoms with Crippen molar-refractivity contribution < 1.29 is 19.5 Å². The van der Waals surface area contributed by atoms with Crippen LogP contribution in [0.1, 0.15) is 34.3 Å². The molecule has 2 aromatic carbocycles. The number of nitrogens with zero attached hydrogens (tertiary/aromatic N) is 2. The van der Waals surface area contributed by atoms with Gasteiger partial charge in [-0.05, 0) is 44.0 Å². The molecule has 1 heterocycles. The van der Waals surface area contributed by atoms with Gasteiger partial charge in [-0.25, -0.2) is 4.79 Å². The highest BCUT2D eigenvalue weighted by molar-refractivity contribution is 5.96. The molecule has 31 heavy (non-hydrogen) atoms. The predicted octanol–water partition coefficient (Wildman–Crippen LogP) is 2.62. The molecule has 1 aliphatic rings. The van der Waals surface area contributed by atoms with E-state index in [0.29, 0.717) is 18.7 Å². The predicted molar refractivity (Wildman–Crippen MR) is 119 cm³/mol. The van der Waals surface area contributed by atoms with Crippen molar-refractivity contribution in [3.05, 3.63) is 65.2 Å². The second-order valence-electron chi connectivity index (χ2n) is 7.93. The molecule has 7 nitrogen and oxygen atoms in total. The summed E-state index contributed by atoms with van der Waals surface area (Å²) in [6.45, 7) is 6.84. The fraction of sp³-hybridized carbons (Fsp3) is 0.375.